The molecule has 0 bridgehead atoms. The van der Waals surface area contributed by atoms with Gasteiger partial charge in [-0.05, 0) is 67.4 Å². The van der Waals surface area contributed by atoms with Gasteiger partial charge >= 0.3 is 0 Å². The van der Waals surface area contributed by atoms with Crippen molar-refractivity contribution in [1.29, 1.82) is 0 Å². The molecule has 0 aliphatic heterocycles. The first-order chi connectivity index (χ1) is 24.1. The van der Waals surface area contributed by atoms with Crippen molar-refractivity contribution in [3.63, 3.8) is 0 Å². The zero-order chi connectivity index (χ0) is 33.0. The Bertz CT molecular complexity index is 2510. The molecule has 9 rings (SSSR count). The largest absolute Gasteiger partial charge is 0.228 e. The molecule has 2 nitrogen and oxygen atoms in total. The molecule has 232 valence electrons. The van der Waals surface area contributed by atoms with Gasteiger partial charge in [0.2, 0.25) is 0 Å². The molecule has 7 aromatic carbocycles. The summed E-state index contributed by atoms with van der Waals surface area (Å²) in [7, 11) is 0. The maximum Gasteiger partial charge on any atom is 0.160 e. The fourth-order valence-electron chi connectivity index (χ4n) is 7.66. The van der Waals surface area contributed by atoms with Crippen LogP contribution in [0.25, 0.3) is 78.1 Å². The number of nitrogens with zero attached hydrogens (tertiary/aromatic N) is 2. The third kappa shape index (κ3) is 4.88. The summed E-state index contributed by atoms with van der Waals surface area (Å²) in [6.07, 6.45) is 0. The van der Waals surface area contributed by atoms with Gasteiger partial charge < -0.3 is 0 Å². The van der Waals surface area contributed by atoms with Gasteiger partial charge in [-0.2, -0.15) is 0 Å². The fraction of sp³-hybridized carbons (Fsp3) is 0.0638. The van der Waals surface area contributed by atoms with Crippen LogP contribution in [0.4, 0.5) is 0 Å². The first-order valence-electron chi connectivity index (χ1n) is 16.9. The molecule has 0 saturated heterocycles. The first kappa shape index (κ1) is 29.1. The molecule has 1 aliphatic carbocycles. The summed E-state index contributed by atoms with van der Waals surface area (Å²) < 4.78 is 0. The van der Waals surface area contributed by atoms with E-state index in [1.165, 1.54) is 44.2 Å². The highest BCUT2D eigenvalue weighted by Gasteiger charge is 2.35. The molecule has 0 saturated carbocycles. The predicted octanol–water partition coefficient (Wildman–Crippen LogP) is 12.3. The van der Waals surface area contributed by atoms with E-state index in [2.05, 4.69) is 166 Å². The van der Waals surface area contributed by atoms with Gasteiger partial charge in [0.25, 0.3) is 0 Å². The van der Waals surface area contributed by atoms with Crippen LogP contribution in [0.15, 0.2) is 170 Å². The molecule has 0 spiro atoms. The van der Waals surface area contributed by atoms with Gasteiger partial charge in [0.1, 0.15) is 0 Å². The zero-order valence-electron chi connectivity index (χ0n) is 27.6. The maximum absolute atomic E-state index is 5.23. The van der Waals surface area contributed by atoms with Crippen LogP contribution in [-0.4, -0.2) is 9.97 Å². The van der Waals surface area contributed by atoms with Crippen molar-refractivity contribution in [2.24, 2.45) is 0 Å². The predicted molar refractivity (Wildman–Crippen MR) is 204 cm³/mol. The van der Waals surface area contributed by atoms with E-state index >= 15 is 0 Å². The lowest BCUT2D eigenvalue weighted by atomic mass is 9.81. The summed E-state index contributed by atoms with van der Waals surface area (Å²) in [6, 6.07) is 60.6. The molecule has 0 amide bonds. The second-order valence-electron chi connectivity index (χ2n) is 13.4. The number of rotatable bonds is 5. The van der Waals surface area contributed by atoms with Crippen molar-refractivity contribution < 1.29 is 0 Å². The van der Waals surface area contributed by atoms with E-state index in [4.69, 9.17) is 9.97 Å². The van der Waals surface area contributed by atoms with E-state index in [1.54, 1.807) is 0 Å². The lowest BCUT2D eigenvalue weighted by molar-refractivity contribution is 0.660. The van der Waals surface area contributed by atoms with Gasteiger partial charge in [-0.25, -0.2) is 9.97 Å². The van der Waals surface area contributed by atoms with Crippen molar-refractivity contribution in [1.82, 2.24) is 9.97 Å². The lowest BCUT2D eigenvalue weighted by Crippen LogP contribution is -2.14. The Hall–Kier alpha value is -6.12. The molecule has 1 heterocycles. The molecule has 1 aromatic heterocycles. The summed E-state index contributed by atoms with van der Waals surface area (Å²) in [5.74, 6) is 0.713. The summed E-state index contributed by atoms with van der Waals surface area (Å²) in [5, 5.41) is 2.38. The number of hydrogen-bond donors (Lipinski definition) is 0. The van der Waals surface area contributed by atoms with E-state index in [0.717, 1.165) is 39.2 Å². The van der Waals surface area contributed by atoms with Crippen LogP contribution in [0, 0.1) is 0 Å². The smallest absolute Gasteiger partial charge is 0.160 e. The summed E-state index contributed by atoms with van der Waals surface area (Å²) in [6.45, 7) is 4.69. The standard InChI is InChI=1S/C47H34N2/c1-47(2)42-24-14-13-22-38(42)39-26-25-33(29-43(39)47)35-27-28-41(37-21-11-10-20-36(35)37)45-30-44(48-46(49-45)32-17-7-4-8-18-32)40-23-12-9-19-34(40)31-15-5-3-6-16-31/h3-30H,1-2H3. The van der Waals surface area contributed by atoms with Crippen molar-refractivity contribution in [2.45, 2.75) is 19.3 Å². The topological polar surface area (TPSA) is 25.8 Å². The SMILES string of the molecule is CC1(C)c2ccccc2-c2ccc(-c3ccc(-c4cc(-c5ccccc5-c5ccccc5)nc(-c5ccccc5)n4)c4ccccc34)cc21. The molecule has 0 atom stereocenters. The van der Waals surface area contributed by atoms with Gasteiger partial charge in [0.15, 0.2) is 5.82 Å². The van der Waals surface area contributed by atoms with E-state index in [9.17, 15) is 0 Å². The molecular weight excluding hydrogens is 593 g/mol. The average Bonchev–Trinajstić information content (AvgIpc) is 3.40. The van der Waals surface area contributed by atoms with E-state index in [0.29, 0.717) is 5.82 Å². The van der Waals surface area contributed by atoms with Crippen LogP contribution >= 0.6 is 0 Å². The van der Waals surface area contributed by atoms with Crippen LogP contribution in [0.3, 0.4) is 0 Å². The summed E-state index contributed by atoms with van der Waals surface area (Å²) >= 11 is 0. The molecule has 0 fully saturated rings. The number of fused-ring (bicyclic) bond motifs is 4. The number of benzene rings is 7. The second kappa shape index (κ2) is 11.5. The minimum Gasteiger partial charge on any atom is -0.228 e. The van der Waals surface area contributed by atoms with Crippen LogP contribution in [0.1, 0.15) is 25.0 Å². The molecular formula is C47H34N2. The van der Waals surface area contributed by atoms with Crippen LogP contribution in [0.2, 0.25) is 0 Å². The van der Waals surface area contributed by atoms with Gasteiger partial charge in [0.05, 0.1) is 11.4 Å². The van der Waals surface area contributed by atoms with Crippen LogP contribution in [-0.2, 0) is 5.41 Å². The van der Waals surface area contributed by atoms with Gasteiger partial charge in [-0.3, -0.25) is 0 Å². The highest BCUT2D eigenvalue weighted by atomic mass is 14.9. The van der Waals surface area contributed by atoms with Crippen molar-refractivity contribution in [3.8, 4) is 67.3 Å². The number of hydrogen-bond acceptors (Lipinski definition) is 2. The molecule has 1 aliphatic rings. The summed E-state index contributed by atoms with van der Waals surface area (Å²) in [5.41, 5.74) is 15.1. The monoisotopic (exact) mass is 626 g/mol. The molecule has 49 heavy (non-hydrogen) atoms. The molecule has 0 N–H and O–H groups in total. The second-order valence-corrected chi connectivity index (χ2v) is 13.4. The van der Waals surface area contributed by atoms with E-state index < -0.39 is 0 Å². The molecule has 8 aromatic rings. The number of aromatic nitrogens is 2. The zero-order valence-corrected chi connectivity index (χ0v) is 27.6. The van der Waals surface area contributed by atoms with Gasteiger partial charge in [-0.15, -0.1) is 0 Å². The molecule has 2 heteroatoms. The van der Waals surface area contributed by atoms with Crippen molar-refractivity contribution >= 4 is 10.8 Å². The normalized spacial score (nSPS) is 12.9. The highest BCUT2D eigenvalue weighted by molar-refractivity contribution is 6.05. The molecule has 0 radical (unpaired) electrons. The van der Waals surface area contributed by atoms with Gasteiger partial charge in [0, 0.05) is 22.1 Å². The van der Waals surface area contributed by atoms with Crippen LogP contribution < -0.4 is 0 Å². The fourth-order valence-corrected chi connectivity index (χ4v) is 7.66. The maximum atomic E-state index is 5.23. The Balaban J connectivity index is 1.23. The van der Waals surface area contributed by atoms with E-state index in [1.807, 2.05) is 18.2 Å². The third-order valence-electron chi connectivity index (χ3n) is 10.1. The average molecular weight is 627 g/mol. The van der Waals surface area contributed by atoms with Crippen molar-refractivity contribution in [3.05, 3.63) is 181 Å². The Kier molecular flexibility index (Phi) is 6.84. The van der Waals surface area contributed by atoms with Crippen molar-refractivity contribution in [2.75, 3.05) is 0 Å². The Morgan fingerprint density at radius 1 is 0.347 bits per heavy atom. The van der Waals surface area contributed by atoms with Gasteiger partial charge in [-0.1, -0.05) is 172 Å². The van der Waals surface area contributed by atoms with Crippen LogP contribution in [0.5, 0.6) is 0 Å². The summed E-state index contributed by atoms with van der Waals surface area (Å²) in [4.78, 5) is 10.4. The van der Waals surface area contributed by atoms with E-state index in [-0.39, 0.29) is 5.41 Å². The highest BCUT2D eigenvalue weighted by Crippen LogP contribution is 2.50. The Labute approximate surface area is 287 Å². The third-order valence-corrected chi connectivity index (χ3v) is 10.1. The minimum absolute atomic E-state index is 0.0566. The minimum atomic E-state index is -0.0566. The lowest BCUT2D eigenvalue weighted by Gasteiger charge is -2.22. The first-order valence-corrected chi connectivity index (χ1v) is 16.9. The Morgan fingerprint density at radius 2 is 0.857 bits per heavy atom. The quantitative estimate of drug-likeness (QED) is 0.190. The molecule has 0 unspecified atom stereocenters. The Morgan fingerprint density at radius 3 is 1.59 bits per heavy atom.